The first-order valence-electron chi connectivity index (χ1n) is 8.81. The monoisotopic (exact) mass is 442 g/mol. The van der Waals surface area contributed by atoms with E-state index in [1.807, 2.05) is 30.3 Å². The van der Waals surface area contributed by atoms with Gasteiger partial charge in [0.05, 0.1) is 15.1 Å². The zero-order valence-electron chi connectivity index (χ0n) is 15.5. The summed E-state index contributed by atoms with van der Waals surface area (Å²) < 4.78 is 30.2. The van der Waals surface area contributed by atoms with Crippen molar-refractivity contribution in [3.05, 3.63) is 88.0 Å². The van der Waals surface area contributed by atoms with Crippen LogP contribution in [0.3, 0.4) is 0 Å². The van der Waals surface area contributed by atoms with E-state index in [0.29, 0.717) is 10.4 Å². The third-order valence-corrected chi connectivity index (χ3v) is 7.89. The van der Waals surface area contributed by atoms with Gasteiger partial charge in [0.25, 0.3) is 10.0 Å². The largest absolute Gasteiger partial charge is 0.307 e. The quantitative estimate of drug-likeness (QED) is 0.440. The van der Waals surface area contributed by atoms with Gasteiger partial charge in [0.15, 0.2) is 0 Å². The van der Waals surface area contributed by atoms with Gasteiger partial charge in [0.1, 0.15) is 0 Å². The van der Waals surface area contributed by atoms with Gasteiger partial charge in [0.2, 0.25) is 0 Å². The van der Waals surface area contributed by atoms with Crippen LogP contribution in [0.25, 0.3) is 10.2 Å². The van der Waals surface area contributed by atoms with Gasteiger partial charge in [0, 0.05) is 23.4 Å². The van der Waals surface area contributed by atoms with Crippen LogP contribution in [0.4, 0.5) is 5.69 Å². The van der Waals surface area contributed by atoms with Crippen molar-refractivity contribution in [3.63, 3.8) is 0 Å². The average molecular weight is 443 g/mol. The van der Waals surface area contributed by atoms with Gasteiger partial charge in [-0.05, 0) is 48.0 Å². The summed E-state index contributed by atoms with van der Waals surface area (Å²) in [7, 11) is -2.06. The topological polar surface area (TPSA) is 68.2 Å². The lowest BCUT2D eigenvalue weighted by Crippen LogP contribution is -2.13. The van der Waals surface area contributed by atoms with E-state index >= 15 is 0 Å². The number of rotatable bonds is 6. The van der Waals surface area contributed by atoms with Crippen LogP contribution in [0.2, 0.25) is 0 Å². The number of sulfonamides is 1. The lowest BCUT2D eigenvalue weighted by molar-refractivity contribution is 0.601. The minimum absolute atomic E-state index is 0.119. The Balaban J connectivity index is 1.48. The van der Waals surface area contributed by atoms with Gasteiger partial charge in [-0.2, -0.15) is 0 Å². The smallest absolute Gasteiger partial charge is 0.302 e. The van der Waals surface area contributed by atoms with E-state index < -0.39 is 10.0 Å². The molecule has 0 bridgehead atoms. The second-order valence-electron chi connectivity index (χ2n) is 6.46. The van der Waals surface area contributed by atoms with Crippen LogP contribution in [0, 0.1) is 0 Å². The fourth-order valence-corrected chi connectivity index (χ4v) is 5.80. The van der Waals surface area contributed by atoms with Crippen LogP contribution < -0.4 is 9.60 Å². The van der Waals surface area contributed by atoms with Crippen molar-refractivity contribution in [2.24, 2.45) is 7.05 Å². The van der Waals surface area contributed by atoms with Crippen molar-refractivity contribution in [2.45, 2.75) is 15.5 Å². The number of aromatic nitrogens is 1. The summed E-state index contributed by atoms with van der Waals surface area (Å²) in [4.78, 5) is 13.0. The lowest BCUT2D eigenvalue weighted by atomic mass is 10.2. The summed E-state index contributed by atoms with van der Waals surface area (Å²) in [5.41, 5.74) is 2.33. The highest BCUT2D eigenvalue weighted by Crippen LogP contribution is 2.25. The molecule has 0 aliphatic carbocycles. The van der Waals surface area contributed by atoms with Crippen molar-refractivity contribution in [1.29, 1.82) is 0 Å². The van der Waals surface area contributed by atoms with E-state index in [1.54, 1.807) is 37.0 Å². The van der Waals surface area contributed by atoms with E-state index in [-0.39, 0.29) is 9.77 Å². The van der Waals surface area contributed by atoms with Gasteiger partial charge < -0.3 is 4.57 Å². The molecule has 0 spiro atoms. The number of nitrogens with one attached hydrogen (secondary N) is 1. The van der Waals surface area contributed by atoms with Crippen molar-refractivity contribution in [2.75, 3.05) is 4.72 Å². The molecule has 1 heterocycles. The average Bonchev–Trinajstić information content (AvgIpc) is 3.01. The van der Waals surface area contributed by atoms with E-state index in [9.17, 15) is 13.2 Å². The molecule has 0 aliphatic heterocycles. The summed E-state index contributed by atoms with van der Waals surface area (Å²) in [6.07, 6.45) is 0. The number of fused-ring (bicyclic) bond motifs is 1. The number of nitrogens with zero attached hydrogens (tertiary/aromatic N) is 1. The Bertz CT molecular complexity index is 1310. The number of benzene rings is 3. The Morgan fingerprint density at radius 3 is 2.45 bits per heavy atom. The Morgan fingerprint density at radius 1 is 1.00 bits per heavy atom. The summed E-state index contributed by atoms with van der Waals surface area (Å²) in [6, 6.07) is 22.2. The minimum Gasteiger partial charge on any atom is -0.302 e. The summed E-state index contributed by atoms with van der Waals surface area (Å²) in [5, 5.41) is 0. The van der Waals surface area contributed by atoms with Gasteiger partial charge in [-0.3, -0.25) is 9.52 Å². The number of hydrogen-bond donors (Lipinski definition) is 1. The van der Waals surface area contributed by atoms with Crippen LogP contribution in [0.5, 0.6) is 0 Å². The molecule has 0 fully saturated rings. The molecule has 0 unspecified atom stereocenters. The number of hydrogen-bond acceptors (Lipinski definition) is 5. The van der Waals surface area contributed by atoms with Gasteiger partial charge in [-0.15, -0.1) is 11.8 Å². The first-order valence-corrected chi connectivity index (χ1v) is 12.1. The molecule has 5 nitrogen and oxygen atoms in total. The van der Waals surface area contributed by atoms with E-state index in [2.05, 4.69) is 16.9 Å². The third-order valence-electron chi connectivity index (χ3n) is 4.43. The lowest BCUT2D eigenvalue weighted by Gasteiger charge is -2.09. The maximum Gasteiger partial charge on any atom is 0.307 e. The molecule has 0 radical (unpaired) electrons. The number of anilines is 1. The molecule has 0 amide bonds. The summed E-state index contributed by atoms with van der Waals surface area (Å²) >= 11 is 2.76. The molecule has 1 N–H and O–H groups in total. The zero-order valence-corrected chi connectivity index (χ0v) is 18.0. The van der Waals surface area contributed by atoms with E-state index in [4.69, 9.17) is 0 Å². The molecular formula is C21H18N2O3S3. The Kier molecular flexibility index (Phi) is 5.49. The molecule has 4 aromatic rings. The fourth-order valence-electron chi connectivity index (χ4n) is 2.85. The highest BCUT2D eigenvalue weighted by molar-refractivity contribution is 7.98. The Hall–Kier alpha value is -2.55. The number of thioether (sulfide) groups is 1. The SMILES string of the molecule is Cn1c(=O)sc2cc(S(=O)(=O)Nc3ccc(CSc4ccccc4)cc3)ccc21. The third kappa shape index (κ3) is 4.39. The first-order chi connectivity index (χ1) is 13.9. The van der Waals surface area contributed by atoms with Crippen molar-refractivity contribution in [3.8, 4) is 0 Å². The van der Waals surface area contributed by atoms with Crippen molar-refractivity contribution >= 4 is 49.0 Å². The van der Waals surface area contributed by atoms with Crippen LogP contribution in [-0.2, 0) is 22.8 Å². The first kappa shape index (κ1) is 19.8. The molecule has 1 aromatic heterocycles. The molecule has 29 heavy (non-hydrogen) atoms. The molecule has 0 atom stereocenters. The van der Waals surface area contributed by atoms with Crippen LogP contribution in [0.15, 0.2) is 87.4 Å². The van der Waals surface area contributed by atoms with Crippen LogP contribution in [0.1, 0.15) is 5.56 Å². The van der Waals surface area contributed by atoms with Gasteiger partial charge in [-0.25, -0.2) is 8.42 Å². The summed E-state index contributed by atoms with van der Waals surface area (Å²) in [5.74, 6) is 0.806. The second-order valence-corrected chi connectivity index (χ2v) is 10.2. The summed E-state index contributed by atoms with van der Waals surface area (Å²) in [6.45, 7) is 0. The van der Waals surface area contributed by atoms with Gasteiger partial charge >= 0.3 is 4.87 Å². The molecule has 0 saturated heterocycles. The van der Waals surface area contributed by atoms with E-state index in [1.165, 1.54) is 21.6 Å². The zero-order chi connectivity index (χ0) is 20.4. The predicted molar refractivity (Wildman–Crippen MR) is 120 cm³/mol. The molecule has 148 valence electrons. The number of aryl methyl sites for hydroxylation is 1. The number of thiazole rings is 1. The molecule has 4 rings (SSSR count). The van der Waals surface area contributed by atoms with Gasteiger partial charge in [-0.1, -0.05) is 41.7 Å². The highest BCUT2D eigenvalue weighted by atomic mass is 32.2. The Morgan fingerprint density at radius 2 is 1.72 bits per heavy atom. The Labute approximate surface area is 177 Å². The standard InChI is InChI=1S/C21H18N2O3S3/c1-23-19-12-11-18(13-20(19)28-21(23)24)29(25,26)22-16-9-7-15(8-10-16)14-27-17-5-3-2-4-6-17/h2-13,22H,14H2,1H3. The molecule has 0 saturated carbocycles. The highest BCUT2D eigenvalue weighted by Gasteiger charge is 2.16. The maximum atomic E-state index is 12.7. The molecule has 0 aliphatic rings. The molecular weight excluding hydrogens is 424 g/mol. The van der Waals surface area contributed by atoms with Crippen molar-refractivity contribution in [1.82, 2.24) is 4.57 Å². The normalized spacial score (nSPS) is 11.6. The van der Waals surface area contributed by atoms with Crippen LogP contribution in [-0.4, -0.2) is 13.0 Å². The van der Waals surface area contributed by atoms with Crippen molar-refractivity contribution < 1.29 is 8.42 Å². The minimum atomic E-state index is -3.74. The van der Waals surface area contributed by atoms with Crippen LogP contribution >= 0.6 is 23.1 Å². The predicted octanol–water partition coefficient (Wildman–Crippen LogP) is 4.69. The molecule has 8 heteroatoms. The van der Waals surface area contributed by atoms with E-state index in [0.717, 1.165) is 28.2 Å². The second kappa shape index (κ2) is 8.06. The maximum absolute atomic E-state index is 12.7. The fraction of sp³-hybridized carbons (Fsp3) is 0.0952. The molecule has 3 aromatic carbocycles.